The van der Waals surface area contributed by atoms with Gasteiger partial charge in [0.05, 0.1) is 10.8 Å². The lowest BCUT2D eigenvalue weighted by molar-refractivity contribution is -0.143. The van der Waals surface area contributed by atoms with Gasteiger partial charge in [0.15, 0.2) is 0 Å². The largest absolute Gasteiger partial charge is 0.460 e. The summed E-state index contributed by atoms with van der Waals surface area (Å²) in [7, 11) is 0. The molecule has 0 saturated carbocycles. The van der Waals surface area contributed by atoms with Crippen LogP contribution in [0.15, 0.2) is 42.5 Å². The van der Waals surface area contributed by atoms with Crippen LogP contribution in [-0.2, 0) is 20.9 Å². The van der Waals surface area contributed by atoms with E-state index in [0.29, 0.717) is 11.3 Å². The number of thioether (sulfide) groups is 1. The van der Waals surface area contributed by atoms with Crippen LogP contribution in [0.3, 0.4) is 0 Å². The van der Waals surface area contributed by atoms with Gasteiger partial charge in [0, 0.05) is 11.3 Å². The Labute approximate surface area is 161 Å². The van der Waals surface area contributed by atoms with Gasteiger partial charge in [-0.05, 0) is 38.1 Å². The molecule has 2 aromatic carbocycles. The van der Waals surface area contributed by atoms with E-state index in [2.05, 4.69) is 5.32 Å². The van der Waals surface area contributed by atoms with E-state index in [4.69, 9.17) is 16.3 Å². The van der Waals surface area contributed by atoms with Gasteiger partial charge in [-0.25, -0.2) is 4.39 Å². The second-order valence-corrected chi connectivity index (χ2v) is 7.45. The third-order valence-corrected chi connectivity index (χ3v) is 4.99. The highest BCUT2D eigenvalue weighted by molar-refractivity contribution is 8.01. The van der Waals surface area contributed by atoms with Crippen molar-refractivity contribution in [2.24, 2.45) is 0 Å². The second-order valence-electron chi connectivity index (χ2n) is 5.71. The maximum absolute atomic E-state index is 13.0. The topological polar surface area (TPSA) is 55.4 Å². The van der Waals surface area contributed by atoms with E-state index in [1.54, 1.807) is 6.92 Å². The lowest BCUT2D eigenvalue weighted by Gasteiger charge is -2.12. The van der Waals surface area contributed by atoms with Crippen LogP contribution in [0.1, 0.15) is 18.1 Å². The summed E-state index contributed by atoms with van der Waals surface area (Å²) in [6, 6.07) is 11.3. The molecule has 0 saturated heterocycles. The van der Waals surface area contributed by atoms with Crippen molar-refractivity contribution in [1.82, 2.24) is 0 Å². The van der Waals surface area contributed by atoms with Crippen LogP contribution < -0.4 is 5.32 Å². The number of benzene rings is 2. The number of rotatable bonds is 7. The third kappa shape index (κ3) is 6.35. The zero-order valence-corrected chi connectivity index (χ0v) is 16.0. The standard InChI is InChI=1S/C19H19ClFNO3S/c1-12-3-7-16(8-4-12)22-18(23)11-26-13(2)19(24)25-10-14-5-6-15(21)9-17(14)20/h3-9,13H,10-11H2,1-2H3,(H,22,23). The van der Waals surface area contributed by atoms with Gasteiger partial charge in [0.2, 0.25) is 5.91 Å². The molecule has 4 nitrogen and oxygen atoms in total. The molecule has 0 aromatic heterocycles. The molecule has 0 bridgehead atoms. The molecule has 1 unspecified atom stereocenters. The van der Waals surface area contributed by atoms with Gasteiger partial charge in [-0.2, -0.15) is 0 Å². The molecule has 1 amide bonds. The number of amides is 1. The molecule has 26 heavy (non-hydrogen) atoms. The maximum Gasteiger partial charge on any atom is 0.319 e. The van der Waals surface area contributed by atoms with Crippen LogP contribution in [0.4, 0.5) is 10.1 Å². The molecule has 7 heteroatoms. The average Bonchev–Trinajstić information content (AvgIpc) is 2.60. The lowest BCUT2D eigenvalue weighted by atomic mass is 10.2. The molecule has 0 fully saturated rings. The molecule has 1 N–H and O–H groups in total. The molecule has 138 valence electrons. The van der Waals surface area contributed by atoms with E-state index < -0.39 is 17.0 Å². The minimum atomic E-state index is -0.516. The quantitative estimate of drug-likeness (QED) is 0.696. The number of aryl methyl sites for hydroxylation is 1. The maximum atomic E-state index is 13.0. The SMILES string of the molecule is Cc1ccc(NC(=O)CSC(C)C(=O)OCc2ccc(F)cc2Cl)cc1. The van der Waals surface area contributed by atoms with Crippen molar-refractivity contribution < 1.29 is 18.7 Å². The first kappa shape index (κ1) is 20.3. The Bertz CT molecular complexity index is 783. The van der Waals surface area contributed by atoms with Crippen LogP contribution in [0, 0.1) is 12.7 Å². The molecular formula is C19H19ClFNO3S. The minimum absolute atomic E-state index is 0.0432. The van der Waals surface area contributed by atoms with Crippen molar-refractivity contribution in [3.8, 4) is 0 Å². The fourth-order valence-electron chi connectivity index (χ4n) is 2.01. The fraction of sp³-hybridized carbons (Fsp3) is 0.263. The lowest BCUT2D eigenvalue weighted by Crippen LogP contribution is -2.21. The third-order valence-electron chi connectivity index (χ3n) is 3.52. The van der Waals surface area contributed by atoms with Crippen molar-refractivity contribution >= 4 is 40.9 Å². The van der Waals surface area contributed by atoms with Gasteiger partial charge < -0.3 is 10.1 Å². The highest BCUT2D eigenvalue weighted by atomic mass is 35.5. The highest BCUT2D eigenvalue weighted by Gasteiger charge is 2.17. The van der Waals surface area contributed by atoms with Crippen molar-refractivity contribution in [2.75, 3.05) is 11.1 Å². The number of nitrogens with one attached hydrogen (secondary N) is 1. The fourth-order valence-corrected chi connectivity index (χ4v) is 2.91. The zero-order chi connectivity index (χ0) is 19.1. The molecule has 1 atom stereocenters. The van der Waals surface area contributed by atoms with Gasteiger partial charge in [-0.1, -0.05) is 35.4 Å². The molecule has 2 aromatic rings. The Hall–Kier alpha value is -2.05. The zero-order valence-electron chi connectivity index (χ0n) is 14.4. The Morgan fingerprint density at radius 1 is 1.23 bits per heavy atom. The predicted molar refractivity (Wildman–Crippen MR) is 103 cm³/mol. The Morgan fingerprint density at radius 2 is 1.92 bits per heavy atom. The van der Waals surface area contributed by atoms with Crippen molar-refractivity contribution in [3.05, 3.63) is 64.4 Å². The van der Waals surface area contributed by atoms with E-state index >= 15 is 0 Å². The van der Waals surface area contributed by atoms with Crippen molar-refractivity contribution in [2.45, 2.75) is 25.7 Å². The van der Waals surface area contributed by atoms with E-state index in [-0.39, 0.29) is 23.3 Å². The molecule has 2 rings (SSSR count). The predicted octanol–water partition coefficient (Wildman–Crippen LogP) is 4.59. The van der Waals surface area contributed by atoms with Gasteiger partial charge >= 0.3 is 5.97 Å². The number of halogens is 2. The molecule has 0 aliphatic carbocycles. The van der Waals surface area contributed by atoms with Gasteiger partial charge in [-0.15, -0.1) is 11.8 Å². The normalized spacial score (nSPS) is 11.7. The van der Waals surface area contributed by atoms with E-state index in [9.17, 15) is 14.0 Å². The van der Waals surface area contributed by atoms with Gasteiger partial charge in [0.1, 0.15) is 17.7 Å². The van der Waals surface area contributed by atoms with E-state index in [1.165, 1.54) is 23.9 Å². The minimum Gasteiger partial charge on any atom is -0.460 e. The van der Waals surface area contributed by atoms with E-state index in [0.717, 1.165) is 11.6 Å². The van der Waals surface area contributed by atoms with Crippen LogP contribution >= 0.6 is 23.4 Å². The summed E-state index contributed by atoms with van der Waals surface area (Å²) in [4.78, 5) is 24.0. The number of carbonyl (C=O) groups is 2. The Kier molecular flexibility index (Phi) is 7.48. The molecule has 0 heterocycles. The van der Waals surface area contributed by atoms with Gasteiger partial charge in [-0.3, -0.25) is 9.59 Å². The molecular weight excluding hydrogens is 377 g/mol. The molecule has 0 spiro atoms. The summed E-state index contributed by atoms with van der Waals surface area (Å²) < 4.78 is 18.2. The highest BCUT2D eigenvalue weighted by Crippen LogP contribution is 2.20. The number of anilines is 1. The van der Waals surface area contributed by atoms with E-state index in [1.807, 2.05) is 31.2 Å². The smallest absolute Gasteiger partial charge is 0.319 e. The Balaban J connectivity index is 1.75. The summed E-state index contributed by atoms with van der Waals surface area (Å²) >= 11 is 7.07. The second kappa shape index (κ2) is 9.59. The summed E-state index contributed by atoms with van der Waals surface area (Å²) in [5.74, 6) is -0.978. The molecule has 0 aliphatic rings. The van der Waals surface area contributed by atoms with Crippen LogP contribution in [0.25, 0.3) is 0 Å². The van der Waals surface area contributed by atoms with Crippen LogP contribution in [0.2, 0.25) is 5.02 Å². The molecule has 0 radical (unpaired) electrons. The molecule has 0 aliphatic heterocycles. The Morgan fingerprint density at radius 3 is 2.58 bits per heavy atom. The first-order valence-corrected chi connectivity index (χ1v) is 9.36. The van der Waals surface area contributed by atoms with Crippen molar-refractivity contribution in [3.63, 3.8) is 0 Å². The van der Waals surface area contributed by atoms with Crippen LogP contribution in [0.5, 0.6) is 0 Å². The summed E-state index contributed by atoms with van der Waals surface area (Å²) in [6.07, 6.45) is 0. The number of hydrogen-bond acceptors (Lipinski definition) is 4. The number of esters is 1. The summed E-state index contributed by atoms with van der Waals surface area (Å²) in [5, 5.41) is 2.46. The van der Waals surface area contributed by atoms with Gasteiger partial charge in [0.25, 0.3) is 0 Å². The van der Waals surface area contributed by atoms with Crippen LogP contribution in [-0.4, -0.2) is 22.9 Å². The monoisotopic (exact) mass is 395 g/mol. The number of hydrogen-bond donors (Lipinski definition) is 1. The first-order valence-electron chi connectivity index (χ1n) is 7.94. The number of ether oxygens (including phenoxy) is 1. The summed E-state index contributed by atoms with van der Waals surface area (Å²) in [6.45, 7) is 3.59. The van der Waals surface area contributed by atoms with Crippen molar-refractivity contribution in [1.29, 1.82) is 0 Å². The summed E-state index contributed by atoms with van der Waals surface area (Å²) in [5.41, 5.74) is 2.34. The average molecular weight is 396 g/mol. The number of carbonyl (C=O) groups excluding carboxylic acids is 2. The first-order chi connectivity index (χ1) is 12.3.